The second-order valence-corrected chi connectivity index (χ2v) is 29.2. The number of carbonyl (C=O) groups excluding carboxylic acids is 4. The van der Waals surface area contributed by atoms with E-state index in [1.165, 1.54) is 148 Å². The highest BCUT2D eigenvalue weighted by Gasteiger charge is 2.30. The van der Waals surface area contributed by atoms with Gasteiger partial charge in [0.25, 0.3) is 0 Å². The first-order valence-electron chi connectivity index (χ1n) is 38.9. The number of aliphatic hydroxyl groups excluding tert-OH is 1. The number of aliphatic hydroxyl groups is 1. The normalized spacial score (nSPS) is 14.2. The number of hydrogen-bond donors (Lipinski definition) is 3. The minimum atomic E-state index is -4.97. The Kier molecular flexibility index (Phi) is 68.3. The molecule has 0 rings (SSSR count). The van der Waals surface area contributed by atoms with Gasteiger partial charge in [0.15, 0.2) is 12.2 Å². The summed E-state index contributed by atoms with van der Waals surface area (Å²) in [5.74, 6) is -2.17. The maximum Gasteiger partial charge on any atom is 0.472 e. The van der Waals surface area contributed by atoms with Crippen molar-refractivity contribution in [1.29, 1.82) is 0 Å². The van der Waals surface area contributed by atoms with Crippen molar-refractivity contribution in [3.8, 4) is 0 Å². The van der Waals surface area contributed by atoms with E-state index in [2.05, 4.69) is 76.3 Å². The maximum absolute atomic E-state index is 13.1. The summed E-state index contributed by atoms with van der Waals surface area (Å²) in [4.78, 5) is 72.8. The lowest BCUT2D eigenvalue weighted by Crippen LogP contribution is -2.30. The Morgan fingerprint density at radius 3 is 0.792 bits per heavy atom. The SMILES string of the molecule is CCCCC/C=C\C/C=C\CCCCCCCC(=O)OC[C@H](COP(=O)(O)OC[C@@H](O)COP(=O)(O)OC[C@@H](COC(=O)CCCCCCCCCCCCCCC)OC(=O)CCCCCCCCCCCCCCC)OC(=O)CCCCCCC/C=C\C/C=C\CCCCC. The van der Waals surface area contributed by atoms with Gasteiger partial charge < -0.3 is 33.8 Å². The van der Waals surface area contributed by atoms with Crippen molar-refractivity contribution in [2.24, 2.45) is 0 Å². The van der Waals surface area contributed by atoms with E-state index in [0.29, 0.717) is 25.7 Å². The molecule has 562 valence electrons. The fourth-order valence-electron chi connectivity index (χ4n) is 10.8. The van der Waals surface area contributed by atoms with E-state index in [9.17, 15) is 43.2 Å². The molecule has 0 saturated carbocycles. The molecule has 5 atom stereocenters. The van der Waals surface area contributed by atoms with Crippen molar-refractivity contribution in [2.45, 2.75) is 380 Å². The molecule has 17 nitrogen and oxygen atoms in total. The largest absolute Gasteiger partial charge is 0.472 e. The van der Waals surface area contributed by atoms with Crippen LogP contribution in [0.25, 0.3) is 0 Å². The first kappa shape index (κ1) is 93.0. The molecule has 0 saturated heterocycles. The van der Waals surface area contributed by atoms with Crippen LogP contribution < -0.4 is 0 Å². The van der Waals surface area contributed by atoms with Gasteiger partial charge in [-0.1, -0.05) is 295 Å². The van der Waals surface area contributed by atoms with E-state index < -0.39 is 97.5 Å². The lowest BCUT2D eigenvalue weighted by atomic mass is 10.0. The lowest BCUT2D eigenvalue weighted by molar-refractivity contribution is -0.161. The van der Waals surface area contributed by atoms with Gasteiger partial charge in [-0.15, -0.1) is 0 Å². The van der Waals surface area contributed by atoms with Gasteiger partial charge in [0.05, 0.1) is 26.4 Å². The van der Waals surface area contributed by atoms with Crippen molar-refractivity contribution in [3.63, 3.8) is 0 Å². The van der Waals surface area contributed by atoms with Gasteiger partial charge >= 0.3 is 39.5 Å². The molecule has 0 bridgehead atoms. The Hall–Kier alpha value is -2.98. The van der Waals surface area contributed by atoms with E-state index in [4.69, 9.17) is 37.0 Å². The predicted molar refractivity (Wildman–Crippen MR) is 390 cm³/mol. The summed E-state index contributed by atoms with van der Waals surface area (Å²) in [6, 6.07) is 0. The molecule has 19 heteroatoms. The second-order valence-electron chi connectivity index (χ2n) is 26.3. The molecule has 0 aromatic heterocycles. The fourth-order valence-corrected chi connectivity index (χ4v) is 12.4. The molecular formula is C77H142O17P2. The third-order valence-electron chi connectivity index (χ3n) is 16.8. The first-order chi connectivity index (χ1) is 46.7. The Morgan fingerprint density at radius 1 is 0.292 bits per heavy atom. The standard InChI is InChI=1S/C77H142O17P2/c1-5-9-13-17-21-25-29-33-35-39-42-46-50-54-58-62-75(80)88-68-73(94-77(82)64-60-56-52-48-44-40-36-34-30-26-22-18-14-10-6-2)70-92-96(85,86)90-66-71(78)65-89-95(83,84)91-69-72(93-76(81)63-59-55-51-47-43-38-32-28-24-20-16-12-8-4)67-87-74(79)61-57-53-49-45-41-37-31-27-23-19-15-11-7-3/h21-22,25-26,33-36,71-73,78H,5-20,23-24,27-32,37-70H2,1-4H3,(H,83,84)(H,85,86)/b25-21-,26-22-,35-33-,36-34-/t71-,72+,73+/m0/s1. The summed E-state index contributed by atoms with van der Waals surface area (Å²) in [6.07, 6.45) is 66.6. The van der Waals surface area contributed by atoms with Gasteiger partial charge in [-0.2, -0.15) is 0 Å². The van der Waals surface area contributed by atoms with E-state index in [1.54, 1.807) is 0 Å². The summed E-state index contributed by atoms with van der Waals surface area (Å²) in [7, 11) is -9.93. The summed E-state index contributed by atoms with van der Waals surface area (Å²) in [6.45, 7) is 4.86. The molecule has 0 spiro atoms. The van der Waals surface area contributed by atoms with Crippen molar-refractivity contribution in [1.82, 2.24) is 0 Å². The molecule has 0 fully saturated rings. The van der Waals surface area contributed by atoms with Crippen molar-refractivity contribution in [3.05, 3.63) is 48.6 Å². The number of unbranched alkanes of at least 4 members (excludes halogenated alkanes) is 40. The molecule has 0 heterocycles. The third-order valence-corrected chi connectivity index (χ3v) is 18.7. The molecule has 0 radical (unpaired) electrons. The highest BCUT2D eigenvalue weighted by molar-refractivity contribution is 7.47. The number of hydrogen-bond acceptors (Lipinski definition) is 15. The number of allylic oxidation sites excluding steroid dienone is 8. The number of rotatable bonds is 74. The van der Waals surface area contributed by atoms with Crippen molar-refractivity contribution < 1.29 is 80.2 Å². The molecule has 3 N–H and O–H groups in total. The number of carbonyl (C=O) groups is 4. The summed E-state index contributed by atoms with van der Waals surface area (Å²) >= 11 is 0. The lowest BCUT2D eigenvalue weighted by Gasteiger charge is -2.21. The van der Waals surface area contributed by atoms with E-state index in [-0.39, 0.29) is 25.7 Å². The zero-order valence-corrected chi connectivity index (χ0v) is 63.1. The van der Waals surface area contributed by atoms with Gasteiger partial charge in [0.1, 0.15) is 19.3 Å². The second kappa shape index (κ2) is 70.5. The Bertz CT molecular complexity index is 2010. The van der Waals surface area contributed by atoms with E-state index >= 15 is 0 Å². The number of esters is 4. The zero-order valence-electron chi connectivity index (χ0n) is 61.3. The smallest absolute Gasteiger partial charge is 0.462 e. The molecule has 0 aliphatic carbocycles. The van der Waals surface area contributed by atoms with Gasteiger partial charge in [-0.3, -0.25) is 37.3 Å². The minimum Gasteiger partial charge on any atom is -0.462 e. The zero-order chi connectivity index (χ0) is 70.4. The third kappa shape index (κ3) is 69.5. The van der Waals surface area contributed by atoms with Crippen LogP contribution in [-0.2, 0) is 65.4 Å². The average Bonchev–Trinajstić information content (AvgIpc) is 1.36. The van der Waals surface area contributed by atoms with E-state index in [1.807, 2.05) is 0 Å². The minimum absolute atomic E-state index is 0.0805. The van der Waals surface area contributed by atoms with Crippen LogP contribution in [0.3, 0.4) is 0 Å². The molecule has 0 aromatic rings. The van der Waals surface area contributed by atoms with Crippen LogP contribution in [0.5, 0.6) is 0 Å². The number of ether oxygens (including phenoxy) is 4. The van der Waals surface area contributed by atoms with Crippen LogP contribution in [0.1, 0.15) is 362 Å². The van der Waals surface area contributed by atoms with Gasteiger partial charge in [-0.25, -0.2) is 9.13 Å². The molecule has 0 aromatic carbocycles. The highest BCUT2D eigenvalue weighted by Crippen LogP contribution is 2.45. The fraction of sp³-hybridized carbons (Fsp3) is 0.844. The summed E-state index contributed by atoms with van der Waals surface area (Å²) in [5.41, 5.74) is 0. The Balaban J connectivity index is 5.33. The quantitative estimate of drug-likeness (QED) is 0.0169. The van der Waals surface area contributed by atoms with Crippen LogP contribution in [0.4, 0.5) is 0 Å². The molecule has 0 amide bonds. The van der Waals surface area contributed by atoms with Crippen molar-refractivity contribution in [2.75, 3.05) is 39.6 Å². The van der Waals surface area contributed by atoms with Gasteiger partial charge in [0.2, 0.25) is 0 Å². The van der Waals surface area contributed by atoms with Gasteiger partial charge in [-0.05, 0) is 89.9 Å². The molecule has 0 aliphatic heterocycles. The van der Waals surface area contributed by atoms with Crippen LogP contribution >= 0.6 is 15.6 Å². The van der Waals surface area contributed by atoms with Gasteiger partial charge in [0, 0.05) is 25.7 Å². The van der Waals surface area contributed by atoms with Crippen LogP contribution in [0, 0.1) is 0 Å². The Morgan fingerprint density at radius 2 is 0.510 bits per heavy atom. The molecule has 2 unspecified atom stereocenters. The molecule has 0 aliphatic rings. The summed E-state index contributed by atoms with van der Waals surface area (Å²) in [5, 5.41) is 10.6. The van der Waals surface area contributed by atoms with Crippen LogP contribution in [-0.4, -0.2) is 96.7 Å². The number of phosphoric acid groups is 2. The number of phosphoric ester groups is 2. The maximum atomic E-state index is 13.1. The topological polar surface area (TPSA) is 237 Å². The Labute approximate surface area is 585 Å². The first-order valence-corrected chi connectivity index (χ1v) is 41.9. The molecular weight excluding hydrogens is 1260 g/mol. The van der Waals surface area contributed by atoms with Crippen LogP contribution in [0.2, 0.25) is 0 Å². The van der Waals surface area contributed by atoms with E-state index in [0.717, 1.165) is 135 Å². The summed E-state index contributed by atoms with van der Waals surface area (Å²) < 4.78 is 68.5. The van der Waals surface area contributed by atoms with Crippen molar-refractivity contribution >= 4 is 39.5 Å². The highest BCUT2D eigenvalue weighted by atomic mass is 31.2. The molecule has 96 heavy (non-hydrogen) atoms. The van der Waals surface area contributed by atoms with Crippen LogP contribution in [0.15, 0.2) is 48.6 Å². The predicted octanol–water partition coefficient (Wildman–Crippen LogP) is 22.1. The average molecular weight is 1400 g/mol. The monoisotopic (exact) mass is 1400 g/mol.